The molecule has 5 nitrogen and oxygen atoms in total. The van der Waals surface area contributed by atoms with E-state index in [0.29, 0.717) is 25.3 Å². The highest BCUT2D eigenvalue weighted by Gasteiger charge is 2.44. The predicted molar refractivity (Wildman–Crippen MR) is 84.9 cm³/mol. The number of benzene rings is 1. The summed E-state index contributed by atoms with van der Waals surface area (Å²) in [6.07, 6.45) is 5.38. The molecule has 1 fully saturated rings. The molecular formula is C18H18N2O3. The van der Waals surface area contributed by atoms with Crippen LogP contribution in [0.5, 0.6) is 11.5 Å². The third-order valence-corrected chi connectivity index (χ3v) is 4.52. The third kappa shape index (κ3) is 2.74. The first-order valence-electron chi connectivity index (χ1n) is 7.85. The number of carbonyl (C=O) groups excluding carboxylic acids is 1. The van der Waals surface area contributed by atoms with Crippen LogP contribution >= 0.6 is 0 Å². The first-order chi connectivity index (χ1) is 11.3. The summed E-state index contributed by atoms with van der Waals surface area (Å²) in [4.78, 5) is 16.2. The molecule has 2 aliphatic rings. The fourth-order valence-corrected chi connectivity index (χ4v) is 2.94. The Morgan fingerprint density at radius 1 is 1.17 bits per heavy atom. The molecule has 1 aliphatic carbocycles. The topological polar surface area (TPSA) is 60.5 Å². The average molecular weight is 310 g/mol. The van der Waals surface area contributed by atoms with Gasteiger partial charge in [-0.25, -0.2) is 0 Å². The van der Waals surface area contributed by atoms with Crippen molar-refractivity contribution in [2.45, 2.75) is 18.3 Å². The minimum atomic E-state index is -0.0816. The van der Waals surface area contributed by atoms with Gasteiger partial charge in [0.2, 0.25) is 0 Å². The number of pyridine rings is 1. The molecule has 0 unspecified atom stereocenters. The van der Waals surface area contributed by atoms with Crippen molar-refractivity contribution in [2.24, 2.45) is 0 Å². The van der Waals surface area contributed by atoms with E-state index in [0.717, 1.165) is 24.3 Å². The van der Waals surface area contributed by atoms with E-state index in [2.05, 4.69) is 22.4 Å². The quantitative estimate of drug-likeness (QED) is 0.941. The Morgan fingerprint density at radius 3 is 2.74 bits per heavy atom. The van der Waals surface area contributed by atoms with Gasteiger partial charge in [0.1, 0.15) is 13.2 Å². The molecule has 1 aromatic heterocycles. The standard InChI is InChI=1S/C18H18N2O3/c21-17(13-2-1-7-19-11-13)20-12-18(5-6-18)14-3-4-15-16(10-14)23-9-8-22-15/h1-4,7,10-11H,5-6,8-9,12H2,(H,20,21). The number of amides is 1. The second-order valence-electron chi connectivity index (χ2n) is 6.06. The zero-order valence-electron chi connectivity index (χ0n) is 12.7. The normalized spacial score (nSPS) is 17.4. The number of fused-ring (bicyclic) bond motifs is 1. The fourth-order valence-electron chi connectivity index (χ4n) is 2.94. The Bertz CT molecular complexity index is 726. The van der Waals surface area contributed by atoms with Gasteiger partial charge < -0.3 is 14.8 Å². The van der Waals surface area contributed by atoms with E-state index in [9.17, 15) is 4.79 Å². The van der Waals surface area contributed by atoms with Crippen LogP contribution in [0.15, 0.2) is 42.7 Å². The molecule has 1 saturated carbocycles. The van der Waals surface area contributed by atoms with Crippen LogP contribution in [0.25, 0.3) is 0 Å². The Morgan fingerprint density at radius 2 is 2.00 bits per heavy atom. The summed E-state index contributed by atoms with van der Waals surface area (Å²) in [7, 11) is 0. The van der Waals surface area contributed by atoms with Crippen molar-refractivity contribution in [1.82, 2.24) is 10.3 Å². The smallest absolute Gasteiger partial charge is 0.252 e. The van der Waals surface area contributed by atoms with E-state index < -0.39 is 0 Å². The lowest BCUT2D eigenvalue weighted by molar-refractivity contribution is 0.0949. The largest absolute Gasteiger partial charge is 0.486 e. The van der Waals surface area contributed by atoms with Gasteiger partial charge in [-0.3, -0.25) is 9.78 Å². The number of nitrogens with one attached hydrogen (secondary N) is 1. The monoisotopic (exact) mass is 310 g/mol. The molecule has 1 N–H and O–H groups in total. The van der Waals surface area contributed by atoms with Crippen LogP contribution in [-0.4, -0.2) is 30.6 Å². The minimum absolute atomic E-state index is 0.0215. The summed E-state index contributed by atoms with van der Waals surface area (Å²) < 4.78 is 11.2. The van der Waals surface area contributed by atoms with Crippen LogP contribution in [-0.2, 0) is 5.41 Å². The van der Waals surface area contributed by atoms with Crippen LogP contribution in [0.4, 0.5) is 0 Å². The van der Waals surface area contributed by atoms with Gasteiger partial charge in [-0.1, -0.05) is 6.07 Å². The van der Waals surface area contributed by atoms with E-state index >= 15 is 0 Å². The first-order valence-corrected chi connectivity index (χ1v) is 7.85. The maximum atomic E-state index is 12.2. The molecule has 0 radical (unpaired) electrons. The lowest BCUT2D eigenvalue weighted by atomic mass is 9.95. The first kappa shape index (κ1) is 14.1. The van der Waals surface area contributed by atoms with Gasteiger partial charge in [-0.2, -0.15) is 0 Å². The van der Waals surface area contributed by atoms with Crippen molar-refractivity contribution in [3.63, 3.8) is 0 Å². The molecule has 2 aromatic rings. The van der Waals surface area contributed by atoms with Crippen LogP contribution in [0.3, 0.4) is 0 Å². The fraction of sp³-hybridized carbons (Fsp3) is 0.333. The highest BCUT2D eigenvalue weighted by molar-refractivity contribution is 5.93. The van der Waals surface area contributed by atoms with Crippen molar-refractivity contribution in [3.8, 4) is 11.5 Å². The maximum absolute atomic E-state index is 12.2. The summed E-state index contributed by atoms with van der Waals surface area (Å²) in [5, 5.41) is 3.03. The van der Waals surface area contributed by atoms with Gasteiger partial charge in [-0.15, -0.1) is 0 Å². The zero-order chi connectivity index (χ0) is 15.7. The minimum Gasteiger partial charge on any atom is -0.486 e. The van der Waals surface area contributed by atoms with Crippen molar-refractivity contribution < 1.29 is 14.3 Å². The van der Waals surface area contributed by atoms with Crippen molar-refractivity contribution in [1.29, 1.82) is 0 Å². The summed E-state index contributed by atoms with van der Waals surface area (Å²) in [6, 6.07) is 9.63. The summed E-state index contributed by atoms with van der Waals surface area (Å²) in [5.74, 6) is 1.52. The molecule has 1 amide bonds. The van der Waals surface area contributed by atoms with Crippen LogP contribution in [0.1, 0.15) is 28.8 Å². The van der Waals surface area contributed by atoms with E-state index in [4.69, 9.17) is 9.47 Å². The van der Waals surface area contributed by atoms with Gasteiger partial charge in [0.05, 0.1) is 5.56 Å². The summed E-state index contributed by atoms with van der Waals surface area (Å²) in [5.41, 5.74) is 1.81. The molecular weight excluding hydrogens is 292 g/mol. The molecule has 5 heteroatoms. The van der Waals surface area contributed by atoms with Gasteiger partial charge in [-0.05, 0) is 42.7 Å². The number of nitrogens with zero attached hydrogens (tertiary/aromatic N) is 1. The highest BCUT2D eigenvalue weighted by Crippen LogP contribution is 2.49. The summed E-state index contributed by atoms with van der Waals surface area (Å²) in [6.45, 7) is 1.81. The number of hydrogen-bond acceptors (Lipinski definition) is 4. The van der Waals surface area contributed by atoms with E-state index in [1.807, 2.05) is 6.07 Å². The average Bonchev–Trinajstić information content (AvgIpc) is 3.41. The Kier molecular flexibility index (Phi) is 3.41. The molecule has 118 valence electrons. The SMILES string of the molecule is O=C(NCC1(c2ccc3c(c2)OCCO3)CC1)c1cccnc1. The highest BCUT2D eigenvalue weighted by atomic mass is 16.6. The molecule has 0 spiro atoms. The van der Waals surface area contributed by atoms with Gasteiger partial charge >= 0.3 is 0 Å². The maximum Gasteiger partial charge on any atom is 0.252 e. The Balaban J connectivity index is 1.47. The van der Waals surface area contributed by atoms with E-state index in [1.165, 1.54) is 5.56 Å². The third-order valence-electron chi connectivity index (χ3n) is 4.52. The van der Waals surface area contributed by atoms with Crippen LogP contribution in [0.2, 0.25) is 0 Å². The van der Waals surface area contributed by atoms with E-state index in [1.54, 1.807) is 24.5 Å². The van der Waals surface area contributed by atoms with Gasteiger partial charge in [0.25, 0.3) is 5.91 Å². The molecule has 0 bridgehead atoms. The molecule has 1 aliphatic heterocycles. The number of ether oxygens (including phenoxy) is 2. The van der Waals surface area contributed by atoms with Gasteiger partial charge in [0.15, 0.2) is 11.5 Å². The van der Waals surface area contributed by atoms with Crippen molar-refractivity contribution in [2.75, 3.05) is 19.8 Å². The lowest BCUT2D eigenvalue weighted by Crippen LogP contribution is -2.32. The predicted octanol–water partition coefficient (Wildman–Crippen LogP) is 2.31. The van der Waals surface area contributed by atoms with Crippen LogP contribution < -0.4 is 14.8 Å². The second-order valence-corrected chi connectivity index (χ2v) is 6.06. The molecule has 2 heterocycles. The zero-order valence-corrected chi connectivity index (χ0v) is 12.7. The Labute approximate surface area is 134 Å². The van der Waals surface area contributed by atoms with Crippen LogP contribution in [0, 0.1) is 0 Å². The number of rotatable bonds is 4. The number of aromatic nitrogens is 1. The molecule has 0 saturated heterocycles. The van der Waals surface area contributed by atoms with E-state index in [-0.39, 0.29) is 11.3 Å². The second kappa shape index (κ2) is 5.57. The number of hydrogen-bond donors (Lipinski definition) is 1. The molecule has 0 atom stereocenters. The molecule has 1 aromatic carbocycles. The Hall–Kier alpha value is -2.56. The molecule has 23 heavy (non-hydrogen) atoms. The summed E-state index contributed by atoms with van der Waals surface area (Å²) >= 11 is 0. The van der Waals surface area contributed by atoms with Crippen molar-refractivity contribution in [3.05, 3.63) is 53.9 Å². The van der Waals surface area contributed by atoms with Crippen molar-refractivity contribution >= 4 is 5.91 Å². The number of carbonyl (C=O) groups is 1. The van der Waals surface area contributed by atoms with Gasteiger partial charge in [0, 0.05) is 24.4 Å². The molecule has 4 rings (SSSR count). The lowest BCUT2D eigenvalue weighted by Gasteiger charge is -2.22.